The van der Waals surface area contributed by atoms with E-state index in [4.69, 9.17) is 0 Å². The Kier molecular flexibility index (Phi) is 5.02. The minimum absolute atomic E-state index is 0.0516. The molecule has 21 heavy (non-hydrogen) atoms. The third-order valence-electron chi connectivity index (χ3n) is 3.28. The lowest BCUT2D eigenvalue weighted by molar-refractivity contribution is -0.114. The number of rotatable bonds is 4. The predicted octanol–water partition coefficient (Wildman–Crippen LogP) is 4.42. The number of halogens is 1. The fourth-order valence-electron chi connectivity index (χ4n) is 2.00. The lowest BCUT2D eigenvalue weighted by atomic mass is 10.1. The third-order valence-corrected chi connectivity index (χ3v) is 4.17. The van der Waals surface area contributed by atoms with Crippen LogP contribution in [-0.2, 0) is 4.79 Å². The molecule has 2 rings (SSSR count). The number of benzene rings is 2. The van der Waals surface area contributed by atoms with Gasteiger partial charge in [0.25, 0.3) is 0 Å². The summed E-state index contributed by atoms with van der Waals surface area (Å²) in [5.41, 5.74) is 5.14. The van der Waals surface area contributed by atoms with Crippen LogP contribution in [0.4, 0.5) is 11.4 Å². The van der Waals surface area contributed by atoms with Crippen molar-refractivity contribution < 1.29 is 4.79 Å². The molecule has 0 aliphatic rings. The number of carbonyl (C=O) groups excluding carboxylic acids is 1. The smallest absolute Gasteiger partial charge is 0.243 e. The van der Waals surface area contributed by atoms with Crippen LogP contribution in [0.25, 0.3) is 0 Å². The van der Waals surface area contributed by atoms with E-state index < -0.39 is 0 Å². The number of aryl methyl sites for hydroxylation is 3. The van der Waals surface area contributed by atoms with Crippen molar-refractivity contribution in [3.63, 3.8) is 0 Å². The van der Waals surface area contributed by atoms with Crippen LogP contribution in [0, 0.1) is 20.8 Å². The van der Waals surface area contributed by atoms with Gasteiger partial charge in [-0.25, -0.2) is 0 Å². The van der Waals surface area contributed by atoms with Crippen LogP contribution in [-0.4, -0.2) is 12.5 Å². The van der Waals surface area contributed by atoms with Gasteiger partial charge in [-0.05, 0) is 61.7 Å². The maximum absolute atomic E-state index is 12.0. The molecule has 0 saturated carbocycles. The molecule has 0 radical (unpaired) electrons. The van der Waals surface area contributed by atoms with Crippen LogP contribution in [0.1, 0.15) is 16.7 Å². The highest BCUT2D eigenvalue weighted by Crippen LogP contribution is 2.20. The predicted molar refractivity (Wildman–Crippen MR) is 91.9 cm³/mol. The average Bonchev–Trinajstić information content (AvgIpc) is 2.44. The van der Waals surface area contributed by atoms with Gasteiger partial charge in [-0.15, -0.1) is 0 Å². The summed E-state index contributed by atoms with van der Waals surface area (Å²) < 4.78 is 1.06. The molecule has 0 spiro atoms. The van der Waals surface area contributed by atoms with Crippen molar-refractivity contribution in [1.29, 1.82) is 0 Å². The van der Waals surface area contributed by atoms with E-state index in [1.807, 2.05) is 57.2 Å². The Bertz CT molecular complexity index is 668. The molecule has 4 heteroatoms. The fourth-order valence-corrected chi connectivity index (χ4v) is 2.25. The van der Waals surface area contributed by atoms with Crippen LogP contribution >= 0.6 is 15.9 Å². The van der Waals surface area contributed by atoms with Crippen LogP contribution in [0.5, 0.6) is 0 Å². The van der Waals surface area contributed by atoms with E-state index in [0.717, 1.165) is 32.5 Å². The number of nitrogens with one attached hydrogen (secondary N) is 2. The van der Waals surface area contributed by atoms with E-state index in [1.165, 1.54) is 0 Å². The number of hydrogen-bond acceptors (Lipinski definition) is 2. The van der Waals surface area contributed by atoms with Gasteiger partial charge in [0.2, 0.25) is 5.91 Å². The molecular formula is C17H19BrN2O. The Hall–Kier alpha value is -1.81. The van der Waals surface area contributed by atoms with E-state index in [2.05, 4.69) is 26.6 Å². The van der Waals surface area contributed by atoms with Crippen LogP contribution in [0.2, 0.25) is 0 Å². The molecule has 1 amide bonds. The third kappa shape index (κ3) is 4.33. The van der Waals surface area contributed by atoms with Gasteiger partial charge in [-0.1, -0.05) is 28.1 Å². The number of hydrogen-bond donors (Lipinski definition) is 2. The fraction of sp³-hybridized carbons (Fsp3) is 0.235. The second-order valence-corrected chi connectivity index (χ2v) is 6.04. The standard InChI is InChI=1S/C17H19BrN2O/c1-11-4-5-12(2)16(8-11)20-17(21)10-19-14-6-7-15(18)13(3)9-14/h4-9,19H,10H2,1-3H3,(H,20,21). The van der Waals surface area contributed by atoms with Gasteiger partial charge in [0.15, 0.2) is 0 Å². The van der Waals surface area contributed by atoms with E-state index >= 15 is 0 Å². The molecule has 3 nitrogen and oxygen atoms in total. The zero-order valence-corrected chi connectivity index (χ0v) is 14.0. The van der Waals surface area contributed by atoms with Crippen LogP contribution in [0.3, 0.4) is 0 Å². The lowest BCUT2D eigenvalue weighted by Crippen LogP contribution is -2.22. The summed E-state index contributed by atoms with van der Waals surface area (Å²) in [6.07, 6.45) is 0. The Morgan fingerprint density at radius 3 is 2.52 bits per heavy atom. The van der Waals surface area contributed by atoms with Gasteiger partial charge >= 0.3 is 0 Å². The number of carbonyl (C=O) groups is 1. The van der Waals surface area contributed by atoms with E-state index in [-0.39, 0.29) is 12.5 Å². The molecule has 0 bridgehead atoms. The number of anilines is 2. The van der Waals surface area contributed by atoms with Gasteiger partial charge in [0, 0.05) is 15.8 Å². The van der Waals surface area contributed by atoms with Crippen LogP contribution in [0.15, 0.2) is 40.9 Å². The largest absolute Gasteiger partial charge is 0.376 e. The topological polar surface area (TPSA) is 41.1 Å². The summed E-state index contributed by atoms with van der Waals surface area (Å²) in [7, 11) is 0. The molecule has 0 saturated heterocycles. The maximum atomic E-state index is 12.0. The van der Waals surface area contributed by atoms with E-state index in [9.17, 15) is 4.79 Å². The maximum Gasteiger partial charge on any atom is 0.243 e. The minimum Gasteiger partial charge on any atom is -0.376 e. The molecule has 0 aliphatic carbocycles. The van der Waals surface area contributed by atoms with Crippen molar-refractivity contribution in [2.75, 3.05) is 17.2 Å². The van der Waals surface area contributed by atoms with Crippen molar-refractivity contribution in [2.24, 2.45) is 0 Å². The molecule has 110 valence electrons. The highest BCUT2D eigenvalue weighted by molar-refractivity contribution is 9.10. The second-order valence-electron chi connectivity index (χ2n) is 5.18. The number of amides is 1. The van der Waals surface area contributed by atoms with Gasteiger partial charge < -0.3 is 10.6 Å². The molecule has 0 heterocycles. The highest BCUT2D eigenvalue weighted by atomic mass is 79.9. The quantitative estimate of drug-likeness (QED) is 0.859. The molecule has 0 fully saturated rings. The first-order chi connectivity index (χ1) is 9.95. The van der Waals surface area contributed by atoms with E-state index in [1.54, 1.807) is 0 Å². The zero-order chi connectivity index (χ0) is 15.4. The molecule has 0 atom stereocenters. The van der Waals surface area contributed by atoms with Crippen molar-refractivity contribution in [1.82, 2.24) is 0 Å². The first-order valence-electron chi connectivity index (χ1n) is 6.83. The molecule has 0 unspecified atom stereocenters. The molecule has 2 aromatic carbocycles. The van der Waals surface area contributed by atoms with E-state index in [0.29, 0.717) is 0 Å². The SMILES string of the molecule is Cc1ccc(C)c(NC(=O)CNc2ccc(Br)c(C)c2)c1. The normalized spacial score (nSPS) is 10.3. The Labute approximate surface area is 133 Å². The van der Waals surface area contributed by atoms with Gasteiger partial charge in [0.05, 0.1) is 6.54 Å². The summed E-state index contributed by atoms with van der Waals surface area (Å²) in [5.74, 6) is -0.0516. The lowest BCUT2D eigenvalue weighted by Gasteiger charge is -2.11. The van der Waals surface area contributed by atoms with Crippen molar-refractivity contribution in [3.8, 4) is 0 Å². The molecule has 2 N–H and O–H groups in total. The molecule has 0 aliphatic heterocycles. The second kappa shape index (κ2) is 6.76. The summed E-state index contributed by atoms with van der Waals surface area (Å²) in [4.78, 5) is 12.0. The van der Waals surface area contributed by atoms with Gasteiger partial charge in [-0.3, -0.25) is 4.79 Å². The first kappa shape index (κ1) is 15.6. The van der Waals surface area contributed by atoms with Gasteiger partial charge in [0.1, 0.15) is 0 Å². The van der Waals surface area contributed by atoms with Gasteiger partial charge in [-0.2, -0.15) is 0 Å². The average molecular weight is 347 g/mol. The summed E-state index contributed by atoms with van der Waals surface area (Å²) >= 11 is 3.46. The molecule has 2 aromatic rings. The first-order valence-corrected chi connectivity index (χ1v) is 7.62. The highest BCUT2D eigenvalue weighted by Gasteiger charge is 2.05. The van der Waals surface area contributed by atoms with Crippen molar-refractivity contribution >= 4 is 33.2 Å². The summed E-state index contributed by atoms with van der Waals surface area (Å²) in [6.45, 7) is 6.26. The Balaban J connectivity index is 1.95. The van der Waals surface area contributed by atoms with Crippen LogP contribution < -0.4 is 10.6 Å². The zero-order valence-electron chi connectivity index (χ0n) is 12.5. The van der Waals surface area contributed by atoms with Crippen molar-refractivity contribution in [3.05, 3.63) is 57.6 Å². The summed E-state index contributed by atoms with van der Waals surface area (Å²) in [6, 6.07) is 12.0. The summed E-state index contributed by atoms with van der Waals surface area (Å²) in [5, 5.41) is 6.07. The monoisotopic (exact) mass is 346 g/mol. The van der Waals surface area contributed by atoms with Crippen molar-refractivity contribution in [2.45, 2.75) is 20.8 Å². The molecular weight excluding hydrogens is 328 g/mol. The Morgan fingerprint density at radius 2 is 1.81 bits per heavy atom. The minimum atomic E-state index is -0.0516. The Morgan fingerprint density at radius 1 is 1.05 bits per heavy atom. The molecule has 0 aromatic heterocycles.